The highest BCUT2D eigenvalue weighted by Gasteiger charge is 2.19. The SMILES string of the molecule is CC/C=C\C/C=C\C/C=C\C/C=C\C/C=C\CCCC(=O)N1CCC(N)CC1. The minimum absolute atomic E-state index is 0.283. The minimum atomic E-state index is 0.283. The third-order valence-electron chi connectivity index (χ3n) is 4.81. The maximum absolute atomic E-state index is 12.1. The van der Waals surface area contributed by atoms with Crippen molar-refractivity contribution >= 4 is 5.91 Å². The van der Waals surface area contributed by atoms with E-state index in [0.717, 1.165) is 70.9 Å². The topological polar surface area (TPSA) is 46.3 Å². The molecule has 1 amide bonds. The molecule has 3 heteroatoms. The summed E-state index contributed by atoms with van der Waals surface area (Å²) in [5.41, 5.74) is 5.88. The van der Waals surface area contributed by atoms with E-state index in [1.807, 2.05) is 4.90 Å². The molecule has 0 saturated carbocycles. The summed E-state index contributed by atoms with van der Waals surface area (Å²) in [6, 6.07) is 0.283. The zero-order valence-corrected chi connectivity index (χ0v) is 17.8. The van der Waals surface area contributed by atoms with E-state index in [1.165, 1.54) is 0 Å². The average molecular weight is 385 g/mol. The highest BCUT2D eigenvalue weighted by atomic mass is 16.2. The van der Waals surface area contributed by atoms with Gasteiger partial charge in [-0.05, 0) is 57.8 Å². The molecule has 2 N–H and O–H groups in total. The third kappa shape index (κ3) is 13.3. The summed E-state index contributed by atoms with van der Waals surface area (Å²) in [5, 5.41) is 0. The number of carbonyl (C=O) groups excluding carboxylic acids is 1. The van der Waals surface area contributed by atoms with Gasteiger partial charge in [0.1, 0.15) is 0 Å². The molecule has 1 rings (SSSR count). The van der Waals surface area contributed by atoms with Crippen LogP contribution in [0.15, 0.2) is 60.8 Å². The van der Waals surface area contributed by atoms with Crippen LogP contribution in [0.4, 0.5) is 0 Å². The lowest BCUT2D eigenvalue weighted by Gasteiger charge is -2.30. The van der Waals surface area contributed by atoms with E-state index in [0.29, 0.717) is 12.3 Å². The second-order valence-corrected chi connectivity index (χ2v) is 7.32. The van der Waals surface area contributed by atoms with E-state index >= 15 is 0 Å². The first-order valence-electron chi connectivity index (χ1n) is 11.0. The number of carbonyl (C=O) groups is 1. The van der Waals surface area contributed by atoms with E-state index in [4.69, 9.17) is 5.73 Å². The Morgan fingerprint density at radius 2 is 1.29 bits per heavy atom. The molecule has 0 unspecified atom stereocenters. The van der Waals surface area contributed by atoms with Gasteiger partial charge in [0.15, 0.2) is 0 Å². The summed E-state index contributed by atoms with van der Waals surface area (Å²) < 4.78 is 0. The Kier molecular flexibility index (Phi) is 14.9. The predicted molar refractivity (Wildman–Crippen MR) is 122 cm³/mol. The molecule has 1 heterocycles. The van der Waals surface area contributed by atoms with Gasteiger partial charge >= 0.3 is 0 Å². The fourth-order valence-corrected chi connectivity index (χ4v) is 3.05. The van der Waals surface area contributed by atoms with Crippen molar-refractivity contribution in [3.8, 4) is 0 Å². The van der Waals surface area contributed by atoms with Gasteiger partial charge in [0, 0.05) is 25.6 Å². The number of hydrogen-bond donors (Lipinski definition) is 1. The molecule has 28 heavy (non-hydrogen) atoms. The van der Waals surface area contributed by atoms with Crippen LogP contribution < -0.4 is 5.73 Å². The quantitative estimate of drug-likeness (QED) is 0.319. The first kappa shape index (κ1) is 24.2. The van der Waals surface area contributed by atoms with Crippen LogP contribution in [0.5, 0.6) is 0 Å². The average Bonchev–Trinajstić information content (AvgIpc) is 2.70. The Morgan fingerprint density at radius 3 is 1.79 bits per heavy atom. The molecule has 1 saturated heterocycles. The fourth-order valence-electron chi connectivity index (χ4n) is 3.05. The number of amides is 1. The number of nitrogens with zero attached hydrogens (tertiary/aromatic N) is 1. The van der Waals surface area contributed by atoms with Gasteiger partial charge in [0.25, 0.3) is 0 Å². The van der Waals surface area contributed by atoms with Crippen molar-refractivity contribution in [1.82, 2.24) is 4.90 Å². The van der Waals surface area contributed by atoms with Gasteiger partial charge < -0.3 is 10.6 Å². The molecule has 1 fully saturated rings. The molecular weight excluding hydrogens is 344 g/mol. The van der Waals surface area contributed by atoms with Gasteiger partial charge in [-0.3, -0.25) is 4.79 Å². The van der Waals surface area contributed by atoms with Crippen LogP contribution in [0.25, 0.3) is 0 Å². The maximum Gasteiger partial charge on any atom is 0.222 e. The van der Waals surface area contributed by atoms with E-state index in [2.05, 4.69) is 67.7 Å². The van der Waals surface area contributed by atoms with Crippen molar-refractivity contribution in [2.24, 2.45) is 5.73 Å². The first-order valence-corrected chi connectivity index (χ1v) is 11.0. The minimum Gasteiger partial charge on any atom is -0.343 e. The van der Waals surface area contributed by atoms with Crippen LogP contribution in [0.2, 0.25) is 0 Å². The highest BCUT2D eigenvalue weighted by molar-refractivity contribution is 5.76. The van der Waals surface area contributed by atoms with Gasteiger partial charge in [-0.2, -0.15) is 0 Å². The number of allylic oxidation sites excluding steroid dienone is 10. The molecule has 1 aliphatic heterocycles. The molecule has 0 spiro atoms. The monoisotopic (exact) mass is 384 g/mol. The molecule has 0 atom stereocenters. The molecular formula is C25H40N2O. The maximum atomic E-state index is 12.1. The van der Waals surface area contributed by atoms with Crippen LogP contribution in [-0.2, 0) is 4.79 Å². The molecule has 3 nitrogen and oxygen atoms in total. The Balaban J connectivity index is 1.96. The Morgan fingerprint density at radius 1 is 0.821 bits per heavy atom. The van der Waals surface area contributed by atoms with E-state index in [-0.39, 0.29) is 6.04 Å². The van der Waals surface area contributed by atoms with Crippen molar-refractivity contribution in [2.45, 2.75) is 77.2 Å². The van der Waals surface area contributed by atoms with Crippen molar-refractivity contribution in [3.63, 3.8) is 0 Å². The molecule has 0 aliphatic carbocycles. The lowest BCUT2D eigenvalue weighted by atomic mass is 10.1. The van der Waals surface area contributed by atoms with Gasteiger partial charge in [-0.1, -0.05) is 67.7 Å². The molecule has 0 radical (unpaired) electrons. The number of likely N-dealkylation sites (tertiary alicyclic amines) is 1. The number of piperidine rings is 1. The van der Waals surface area contributed by atoms with Crippen LogP contribution >= 0.6 is 0 Å². The lowest BCUT2D eigenvalue weighted by molar-refractivity contribution is -0.132. The van der Waals surface area contributed by atoms with E-state index < -0.39 is 0 Å². The summed E-state index contributed by atoms with van der Waals surface area (Å²) >= 11 is 0. The van der Waals surface area contributed by atoms with Crippen molar-refractivity contribution < 1.29 is 4.79 Å². The third-order valence-corrected chi connectivity index (χ3v) is 4.81. The zero-order valence-electron chi connectivity index (χ0n) is 17.8. The summed E-state index contributed by atoms with van der Waals surface area (Å²) in [5.74, 6) is 0.291. The van der Waals surface area contributed by atoms with Crippen LogP contribution in [0.1, 0.15) is 71.1 Å². The summed E-state index contributed by atoms with van der Waals surface area (Å²) in [6.07, 6.45) is 31.6. The largest absolute Gasteiger partial charge is 0.343 e. The number of rotatable bonds is 13. The molecule has 0 aromatic rings. The summed E-state index contributed by atoms with van der Waals surface area (Å²) in [6.45, 7) is 3.83. The highest BCUT2D eigenvalue weighted by Crippen LogP contribution is 2.11. The van der Waals surface area contributed by atoms with Crippen molar-refractivity contribution in [3.05, 3.63) is 60.8 Å². The normalized spacial score (nSPS) is 16.7. The van der Waals surface area contributed by atoms with Crippen LogP contribution in [-0.4, -0.2) is 29.9 Å². The Labute approximate surface area is 172 Å². The van der Waals surface area contributed by atoms with Gasteiger partial charge in [-0.15, -0.1) is 0 Å². The number of nitrogens with two attached hydrogens (primary N) is 1. The van der Waals surface area contributed by atoms with Gasteiger partial charge in [0.2, 0.25) is 5.91 Å². The molecule has 0 bridgehead atoms. The zero-order chi connectivity index (χ0) is 20.3. The summed E-state index contributed by atoms with van der Waals surface area (Å²) in [4.78, 5) is 14.1. The van der Waals surface area contributed by atoms with Crippen LogP contribution in [0, 0.1) is 0 Å². The predicted octanol–water partition coefficient (Wildman–Crippen LogP) is 5.86. The summed E-state index contributed by atoms with van der Waals surface area (Å²) in [7, 11) is 0. The van der Waals surface area contributed by atoms with Gasteiger partial charge in [0.05, 0.1) is 0 Å². The number of hydrogen-bond acceptors (Lipinski definition) is 2. The second kappa shape index (κ2) is 17.2. The second-order valence-electron chi connectivity index (χ2n) is 7.32. The standard InChI is InChI=1S/C25H40N2O/c1-2-3-4-5-6-7-8-9-10-11-12-13-14-15-16-17-18-19-25(28)27-22-20-24(26)21-23-27/h3-4,6-7,9-10,12-13,15-16,24H,2,5,8,11,14,17-23,26H2,1H3/b4-3-,7-6-,10-9-,13-12-,16-15-. The van der Waals surface area contributed by atoms with Crippen LogP contribution in [0.3, 0.4) is 0 Å². The van der Waals surface area contributed by atoms with Crippen molar-refractivity contribution in [2.75, 3.05) is 13.1 Å². The molecule has 1 aliphatic rings. The Bertz CT molecular complexity index is 535. The Hall–Kier alpha value is -1.87. The van der Waals surface area contributed by atoms with Crippen molar-refractivity contribution in [1.29, 1.82) is 0 Å². The first-order chi connectivity index (χ1) is 13.7. The molecule has 0 aromatic heterocycles. The van der Waals surface area contributed by atoms with Gasteiger partial charge in [-0.25, -0.2) is 0 Å². The smallest absolute Gasteiger partial charge is 0.222 e. The van der Waals surface area contributed by atoms with E-state index in [1.54, 1.807) is 0 Å². The van der Waals surface area contributed by atoms with E-state index in [9.17, 15) is 4.79 Å². The molecule has 156 valence electrons. The lowest BCUT2D eigenvalue weighted by Crippen LogP contribution is -2.42. The number of unbranched alkanes of at least 4 members (excludes halogenated alkanes) is 1. The fraction of sp³-hybridized carbons (Fsp3) is 0.560. The molecule has 0 aromatic carbocycles.